The van der Waals surface area contributed by atoms with Gasteiger partial charge in [-0.05, 0) is 81.9 Å². The number of hydrogen-bond acceptors (Lipinski definition) is 5. The Labute approximate surface area is 163 Å². The van der Waals surface area contributed by atoms with Gasteiger partial charge in [0.25, 0.3) is 5.91 Å². The van der Waals surface area contributed by atoms with Gasteiger partial charge in [-0.2, -0.15) is 5.10 Å². The van der Waals surface area contributed by atoms with Gasteiger partial charge in [-0.15, -0.1) is 5.10 Å². The number of amides is 1. The van der Waals surface area contributed by atoms with Crippen molar-refractivity contribution in [1.29, 1.82) is 0 Å². The van der Waals surface area contributed by atoms with Gasteiger partial charge in [0.1, 0.15) is 5.75 Å². The molecule has 0 aliphatic carbocycles. The second kappa shape index (κ2) is 8.30. The van der Waals surface area contributed by atoms with Crippen LogP contribution in [-0.4, -0.2) is 24.4 Å². The van der Waals surface area contributed by atoms with E-state index in [1.165, 1.54) is 11.8 Å². The Bertz CT molecular complexity index is 876. The van der Waals surface area contributed by atoms with Gasteiger partial charge in [0.15, 0.2) is 5.17 Å². The van der Waals surface area contributed by atoms with Crippen molar-refractivity contribution >= 4 is 57.7 Å². The average molecular weight is 463 g/mol. The first-order valence-corrected chi connectivity index (χ1v) is 9.26. The van der Waals surface area contributed by atoms with Crippen LogP contribution in [-0.2, 0) is 4.79 Å². The Morgan fingerprint density at radius 2 is 1.92 bits per heavy atom. The summed E-state index contributed by atoms with van der Waals surface area (Å²) in [6.07, 6.45) is 3.48. The molecule has 1 N–H and O–H groups in total. The fraction of sp³-hybridized carbons (Fsp3) is 0.0556. The van der Waals surface area contributed by atoms with E-state index in [-0.39, 0.29) is 5.91 Å². The second-order valence-corrected chi connectivity index (χ2v) is 7.20. The predicted octanol–water partition coefficient (Wildman–Crippen LogP) is 3.89. The summed E-state index contributed by atoms with van der Waals surface area (Å²) < 4.78 is 6.19. The van der Waals surface area contributed by atoms with E-state index in [9.17, 15) is 4.79 Å². The van der Waals surface area contributed by atoms with Gasteiger partial charge in [-0.1, -0.05) is 18.2 Å². The van der Waals surface area contributed by atoms with Crippen LogP contribution in [0.25, 0.3) is 6.08 Å². The molecule has 0 saturated carbocycles. The molecule has 0 bridgehead atoms. The number of methoxy groups -OCH3 is 1. The number of nitrogens with one attached hydrogen (secondary N) is 1. The lowest BCUT2D eigenvalue weighted by Crippen LogP contribution is -2.19. The fourth-order valence-electron chi connectivity index (χ4n) is 2.05. The zero-order valence-electron chi connectivity index (χ0n) is 13.3. The maximum Gasteiger partial charge on any atom is 0.264 e. The molecule has 0 aromatic heterocycles. The van der Waals surface area contributed by atoms with Gasteiger partial charge in [0.2, 0.25) is 0 Å². The lowest BCUT2D eigenvalue weighted by atomic mass is 10.2. The van der Waals surface area contributed by atoms with Gasteiger partial charge in [0.05, 0.1) is 18.2 Å². The highest BCUT2D eigenvalue weighted by molar-refractivity contribution is 14.1. The number of amidine groups is 1. The number of halogens is 1. The van der Waals surface area contributed by atoms with Crippen LogP contribution in [0.5, 0.6) is 5.75 Å². The number of benzene rings is 2. The number of rotatable bonds is 4. The first kappa shape index (κ1) is 17.7. The van der Waals surface area contributed by atoms with Crippen molar-refractivity contribution in [3.63, 3.8) is 0 Å². The van der Waals surface area contributed by atoms with Crippen molar-refractivity contribution in [2.24, 2.45) is 10.2 Å². The molecule has 0 unspecified atom stereocenters. The number of carbonyl (C=O) groups is 1. The van der Waals surface area contributed by atoms with Crippen molar-refractivity contribution in [2.45, 2.75) is 0 Å². The van der Waals surface area contributed by atoms with Gasteiger partial charge in [-0.3, -0.25) is 10.1 Å². The second-order valence-electron chi connectivity index (χ2n) is 5.01. The van der Waals surface area contributed by atoms with E-state index < -0.39 is 0 Å². The van der Waals surface area contributed by atoms with Crippen LogP contribution in [0.15, 0.2) is 63.6 Å². The highest BCUT2D eigenvalue weighted by Crippen LogP contribution is 2.27. The van der Waals surface area contributed by atoms with Gasteiger partial charge in [0, 0.05) is 3.57 Å². The topological polar surface area (TPSA) is 63.1 Å². The van der Waals surface area contributed by atoms with E-state index in [0.717, 1.165) is 20.4 Å². The van der Waals surface area contributed by atoms with Crippen LogP contribution < -0.4 is 10.1 Å². The Morgan fingerprint density at radius 3 is 2.64 bits per heavy atom. The average Bonchev–Trinajstić information content (AvgIpc) is 2.97. The molecule has 2 aromatic carbocycles. The van der Waals surface area contributed by atoms with Crippen molar-refractivity contribution in [1.82, 2.24) is 5.32 Å². The number of carbonyl (C=O) groups excluding carboxylic acids is 1. The van der Waals surface area contributed by atoms with Crippen LogP contribution in [0, 0.1) is 3.57 Å². The standard InChI is InChI=1S/C18H14IN3O2S/c1-24-14-8-6-12(7-9-14)11-20-22-18-21-17(23)16(25-18)10-13-4-2-3-5-15(13)19/h2-11H,1H3,(H,21,22,23)/b16-10-,20-11?. The Hall–Kier alpha value is -2.13. The molecule has 126 valence electrons. The molecular formula is C18H14IN3O2S. The third-order valence-corrected chi connectivity index (χ3v) is 5.20. The Kier molecular flexibility index (Phi) is 5.87. The maximum absolute atomic E-state index is 12.1. The highest BCUT2D eigenvalue weighted by Gasteiger charge is 2.24. The van der Waals surface area contributed by atoms with Crippen molar-refractivity contribution in [3.05, 3.63) is 68.1 Å². The summed E-state index contributed by atoms with van der Waals surface area (Å²) in [5.74, 6) is 0.621. The van der Waals surface area contributed by atoms with E-state index in [1.54, 1.807) is 13.3 Å². The molecule has 1 aliphatic heterocycles. The van der Waals surface area contributed by atoms with Crippen LogP contribution in [0.2, 0.25) is 0 Å². The van der Waals surface area contributed by atoms with Crippen molar-refractivity contribution < 1.29 is 9.53 Å². The molecule has 3 rings (SSSR count). The van der Waals surface area contributed by atoms with E-state index in [2.05, 4.69) is 38.1 Å². The molecule has 0 spiro atoms. The molecule has 1 heterocycles. The summed E-state index contributed by atoms with van der Waals surface area (Å²) in [5.41, 5.74) is 1.90. The van der Waals surface area contributed by atoms with E-state index in [4.69, 9.17) is 4.74 Å². The molecular weight excluding hydrogens is 449 g/mol. The quantitative estimate of drug-likeness (QED) is 0.324. The Balaban J connectivity index is 1.70. The monoisotopic (exact) mass is 463 g/mol. The predicted molar refractivity (Wildman–Crippen MR) is 111 cm³/mol. The summed E-state index contributed by atoms with van der Waals surface area (Å²) in [7, 11) is 1.62. The van der Waals surface area contributed by atoms with Gasteiger partial charge in [-0.25, -0.2) is 0 Å². The molecule has 1 aliphatic rings. The van der Waals surface area contributed by atoms with Crippen LogP contribution in [0.3, 0.4) is 0 Å². The lowest BCUT2D eigenvalue weighted by Gasteiger charge is -1.98. The first-order chi connectivity index (χ1) is 12.2. The van der Waals surface area contributed by atoms with Crippen LogP contribution >= 0.6 is 34.4 Å². The minimum absolute atomic E-state index is 0.164. The molecule has 1 amide bonds. The van der Waals surface area contributed by atoms with Gasteiger partial charge >= 0.3 is 0 Å². The minimum Gasteiger partial charge on any atom is -0.497 e. The zero-order chi connectivity index (χ0) is 17.6. The molecule has 0 atom stereocenters. The number of thioether (sulfide) groups is 1. The lowest BCUT2D eigenvalue weighted by molar-refractivity contribution is -0.115. The molecule has 5 nitrogen and oxygen atoms in total. The number of ether oxygens (including phenoxy) is 1. The molecule has 0 radical (unpaired) electrons. The van der Waals surface area contributed by atoms with E-state index in [1.807, 2.05) is 54.6 Å². The van der Waals surface area contributed by atoms with Crippen LogP contribution in [0.1, 0.15) is 11.1 Å². The van der Waals surface area contributed by atoms with Crippen LogP contribution in [0.4, 0.5) is 0 Å². The maximum atomic E-state index is 12.1. The summed E-state index contributed by atoms with van der Waals surface area (Å²) in [6.45, 7) is 0. The zero-order valence-corrected chi connectivity index (χ0v) is 16.2. The number of nitrogens with zero attached hydrogens (tertiary/aromatic N) is 2. The summed E-state index contributed by atoms with van der Waals surface area (Å²) in [5, 5.41) is 11.3. The SMILES string of the molecule is COc1ccc(C=NN=C2NC(=O)/C(=C/c3ccccc3I)S2)cc1. The molecule has 1 fully saturated rings. The van der Waals surface area contributed by atoms with Gasteiger partial charge < -0.3 is 4.74 Å². The fourth-order valence-corrected chi connectivity index (χ4v) is 3.36. The molecule has 1 saturated heterocycles. The van der Waals surface area contributed by atoms with E-state index in [0.29, 0.717) is 10.1 Å². The smallest absolute Gasteiger partial charge is 0.264 e. The van der Waals surface area contributed by atoms with E-state index >= 15 is 0 Å². The Morgan fingerprint density at radius 1 is 1.16 bits per heavy atom. The largest absolute Gasteiger partial charge is 0.497 e. The van der Waals surface area contributed by atoms with Crippen molar-refractivity contribution in [3.8, 4) is 5.75 Å². The third kappa shape index (κ3) is 4.70. The third-order valence-electron chi connectivity index (χ3n) is 3.31. The minimum atomic E-state index is -0.164. The summed E-state index contributed by atoms with van der Waals surface area (Å²) in [4.78, 5) is 12.7. The molecule has 25 heavy (non-hydrogen) atoms. The summed E-state index contributed by atoms with van der Waals surface area (Å²) >= 11 is 3.52. The first-order valence-electron chi connectivity index (χ1n) is 7.36. The molecule has 2 aromatic rings. The molecule has 7 heteroatoms. The van der Waals surface area contributed by atoms with Crippen molar-refractivity contribution in [2.75, 3.05) is 7.11 Å². The highest BCUT2D eigenvalue weighted by atomic mass is 127. The number of hydrogen-bond donors (Lipinski definition) is 1. The normalized spacial score (nSPS) is 17.4. The summed E-state index contributed by atoms with van der Waals surface area (Å²) in [6, 6.07) is 15.3.